The van der Waals surface area contributed by atoms with E-state index in [-0.39, 0.29) is 17.1 Å². The van der Waals surface area contributed by atoms with Gasteiger partial charge in [-0.2, -0.15) is 0 Å². The highest BCUT2D eigenvalue weighted by Crippen LogP contribution is 2.44. The molecule has 0 N–H and O–H groups in total. The fourth-order valence-corrected chi connectivity index (χ4v) is 4.95. The van der Waals surface area contributed by atoms with Gasteiger partial charge in [-0.3, -0.25) is 0 Å². The first kappa shape index (κ1) is 25.5. The summed E-state index contributed by atoms with van der Waals surface area (Å²) in [7, 11) is 0. The number of fused-ring (bicyclic) bond motifs is 1. The van der Waals surface area contributed by atoms with E-state index in [4.69, 9.17) is 21.1 Å². The Morgan fingerprint density at radius 2 is 1.72 bits per heavy atom. The van der Waals surface area contributed by atoms with Crippen LogP contribution in [0.4, 0.5) is 0 Å². The second-order valence-electron chi connectivity index (χ2n) is 11.0. The van der Waals surface area contributed by atoms with Crippen molar-refractivity contribution in [1.82, 2.24) is 14.5 Å². The molecule has 0 saturated carbocycles. The lowest BCUT2D eigenvalue weighted by Gasteiger charge is -2.54. The third-order valence-corrected chi connectivity index (χ3v) is 7.47. The molecule has 3 rings (SSSR count). The van der Waals surface area contributed by atoms with Crippen LogP contribution in [0.25, 0.3) is 11.0 Å². The predicted octanol–water partition coefficient (Wildman–Crippen LogP) is 7.16. The lowest BCUT2D eigenvalue weighted by Crippen LogP contribution is -2.66. The highest BCUT2D eigenvalue weighted by atomic mass is 35.5. The molecule has 0 aromatic carbocycles. The van der Waals surface area contributed by atoms with Gasteiger partial charge in [-0.15, -0.1) is 0 Å². The predicted molar refractivity (Wildman–Crippen MR) is 132 cm³/mol. The molecule has 0 aliphatic carbocycles. The van der Waals surface area contributed by atoms with Crippen LogP contribution in [-0.2, 0) is 15.0 Å². The Labute approximate surface area is 199 Å². The second kappa shape index (κ2) is 10.4. The van der Waals surface area contributed by atoms with Crippen LogP contribution < -0.4 is 0 Å². The molecule has 3 heterocycles. The highest BCUT2D eigenvalue weighted by molar-refractivity contribution is 6.33. The van der Waals surface area contributed by atoms with Crippen LogP contribution in [0.15, 0.2) is 18.6 Å². The van der Waals surface area contributed by atoms with Crippen molar-refractivity contribution in [2.75, 3.05) is 13.2 Å². The van der Waals surface area contributed by atoms with Gasteiger partial charge in [0, 0.05) is 6.20 Å². The van der Waals surface area contributed by atoms with Gasteiger partial charge in [0.25, 0.3) is 0 Å². The lowest BCUT2D eigenvalue weighted by atomic mass is 9.78. The molecule has 6 heteroatoms. The molecule has 1 unspecified atom stereocenters. The molecular formula is C26H42ClN3O2. The van der Waals surface area contributed by atoms with Gasteiger partial charge >= 0.3 is 0 Å². The first-order valence-electron chi connectivity index (χ1n) is 12.4. The van der Waals surface area contributed by atoms with Crippen molar-refractivity contribution in [3.63, 3.8) is 0 Å². The van der Waals surface area contributed by atoms with Crippen LogP contribution in [0.1, 0.15) is 92.9 Å². The summed E-state index contributed by atoms with van der Waals surface area (Å²) >= 11 is 6.32. The molecular weight excluding hydrogens is 422 g/mol. The fourth-order valence-electron chi connectivity index (χ4n) is 4.76. The molecule has 1 aliphatic heterocycles. The summed E-state index contributed by atoms with van der Waals surface area (Å²) in [5, 5.41) is 1.35. The number of hydrogen-bond acceptors (Lipinski definition) is 4. The largest absolute Gasteiger partial charge is 0.376 e. The topological polar surface area (TPSA) is 49.2 Å². The molecule has 0 spiro atoms. The normalized spacial score (nSPS) is 17.5. The maximum absolute atomic E-state index is 6.98. The molecule has 0 bridgehead atoms. The van der Waals surface area contributed by atoms with Crippen molar-refractivity contribution in [3.8, 4) is 0 Å². The number of rotatable bonds is 12. The van der Waals surface area contributed by atoms with Gasteiger partial charge in [0.1, 0.15) is 22.7 Å². The van der Waals surface area contributed by atoms with E-state index in [9.17, 15) is 0 Å². The SMILES string of the molecule is CCCCCCCCCC(OC(C)(C)C1(n2ccc3c(Cl)ncnc32)COC1)C(C)(C)C. The quantitative estimate of drug-likeness (QED) is 0.247. The zero-order valence-electron chi connectivity index (χ0n) is 20.9. The van der Waals surface area contributed by atoms with Crippen LogP contribution in [0.2, 0.25) is 5.15 Å². The van der Waals surface area contributed by atoms with E-state index in [2.05, 4.69) is 62.3 Å². The average Bonchev–Trinajstić information content (AvgIpc) is 3.10. The van der Waals surface area contributed by atoms with Gasteiger partial charge in [-0.1, -0.05) is 84.2 Å². The zero-order valence-corrected chi connectivity index (χ0v) is 21.7. The minimum absolute atomic E-state index is 0.0650. The molecule has 32 heavy (non-hydrogen) atoms. The van der Waals surface area contributed by atoms with Crippen molar-refractivity contribution in [3.05, 3.63) is 23.7 Å². The number of hydrogen-bond donors (Lipinski definition) is 0. The fraction of sp³-hybridized carbons (Fsp3) is 0.769. The smallest absolute Gasteiger partial charge is 0.145 e. The van der Waals surface area contributed by atoms with Crippen LogP contribution >= 0.6 is 11.6 Å². The van der Waals surface area contributed by atoms with Gasteiger partial charge in [-0.25, -0.2) is 9.97 Å². The maximum atomic E-state index is 6.98. The number of aromatic nitrogens is 3. The van der Waals surface area contributed by atoms with E-state index in [1.165, 1.54) is 51.3 Å². The molecule has 1 saturated heterocycles. The molecule has 0 amide bonds. The summed E-state index contributed by atoms with van der Waals surface area (Å²) in [6.07, 6.45) is 14.0. The second-order valence-corrected chi connectivity index (χ2v) is 11.4. The minimum atomic E-state index is -0.437. The van der Waals surface area contributed by atoms with Crippen molar-refractivity contribution in [2.45, 2.75) is 110 Å². The van der Waals surface area contributed by atoms with Crippen LogP contribution in [0.5, 0.6) is 0 Å². The summed E-state index contributed by atoms with van der Waals surface area (Å²) in [5.41, 5.74) is 0.142. The Balaban J connectivity index is 1.74. The van der Waals surface area contributed by atoms with Crippen molar-refractivity contribution < 1.29 is 9.47 Å². The zero-order chi connectivity index (χ0) is 23.4. The molecule has 1 atom stereocenters. The average molecular weight is 464 g/mol. The molecule has 2 aromatic rings. The summed E-state index contributed by atoms with van der Waals surface area (Å²) < 4.78 is 14.9. The van der Waals surface area contributed by atoms with Crippen molar-refractivity contribution in [1.29, 1.82) is 0 Å². The third-order valence-electron chi connectivity index (χ3n) is 7.17. The van der Waals surface area contributed by atoms with Gasteiger partial charge in [0.15, 0.2) is 0 Å². The van der Waals surface area contributed by atoms with E-state index >= 15 is 0 Å². The Kier molecular flexibility index (Phi) is 8.27. The first-order chi connectivity index (χ1) is 15.1. The maximum Gasteiger partial charge on any atom is 0.145 e. The first-order valence-corrected chi connectivity index (χ1v) is 12.7. The van der Waals surface area contributed by atoms with E-state index in [1.54, 1.807) is 0 Å². The Bertz CT molecular complexity index is 868. The summed E-state index contributed by atoms with van der Waals surface area (Å²) in [6, 6.07) is 1.99. The van der Waals surface area contributed by atoms with Gasteiger partial charge < -0.3 is 14.0 Å². The number of unbranched alkanes of at least 4 members (excludes halogenated alkanes) is 6. The van der Waals surface area contributed by atoms with E-state index < -0.39 is 5.60 Å². The monoisotopic (exact) mass is 463 g/mol. The summed E-state index contributed by atoms with van der Waals surface area (Å²) in [5.74, 6) is 0. The van der Waals surface area contributed by atoms with Gasteiger partial charge in [0.05, 0.1) is 30.3 Å². The standard InChI is InChI=1S/C26H42ClN3O2/c1-7-8-9-10-11-12-13-14-21(24(2,3)4)32-25(5,6)26(17-31-18-26)30-16-15-20-22(27)28-19-29-23(20)30/h15-16,19,21H,7-14,17-18H2,1-6H3. The summed E-state index contributed by atoms with van der Waals surface area (Å²) in [4.78, 5) is 8.67. The lowest BCUT2D eigenvalue weighted by molar-refractivity contribution is -0.241. The Morgan fingerprint density at radius 1 is 1.06 bits per heavy atom. The molecule has 0 radical (unpaired) electrons. The van der Waals surface area contributed by atoms with Crippen molar-refractivity contribution >= 4 is 22.6 Å². The Morgan fingerprint density at radius 3 is 2.31 bits per heavy atom. The van der Waals surface area contributed by atoms with E-state index in [0.717, 1.165) is 17.5 Å². The third kappa shape index (κ3) is 5.31. The van der Waals surface area contributed by atoms with Crippen LogP contribution in [-0.4, -0.2) is 39.5 Å². The van der Waals surface area contributed by atoms with E-state index in [0.29, 0.717) is 18.4 Å². The number of halogens is 1. The number of ether oxygens (including phenoxy) is 2. The van der Waals surface area contributed by atoms with E-state index in [1.807, 2.05) is 6.07 Å². The molecule has 180 valence electrons. The van der Waals surface area contributed by atoms with Gasteiger partial charge in [-0.05, 0) is 31.7 Å². The molecule has 5 nitrogen and oxygen atoms in total. The number of nitrogens with zero attached hydrogens (tertiary/aromatic N) is 3. The van der Waals surface area contributed by atoms with Crippen LogP contribution in [0.3, 0.4) is 0 Å². The van der Waals surface area contributed by atoms with Gasteiger partial charge in [0.2, 0.25) is 0 Å². The molecule has 2 aromatic heterocycles. The highest BCUT2D eigenvalue weighted by Gasteiger charge is 2.55. The Hall–Kier alpha value is -1.17. The molecule has 1 fully saturated rings. The minimum Gasteiger partial charge on any atom is -0.376 e. The summed E-state index contributed by atoms with van der Waals surface area (Å²) in [6.45, 7) is 14.7. The molecule has 1 aliphatic rings. The van der Waals surface area contributed by atoms with Crippen LogP contribution in [0, 0.1) is 5.41 Å². The van der Waals surface area contributed by atoms with Crippen molar-refractivity contribution in [2.24, 2.45) is 5.41 Å².